The van der Waals surface area contributed by atoms with Crippen LogP contribution in [0, 0.1) is 0 Å². The number of amides is 1. The molecule has 0 saturated heterocycles. The molecular formula is C4H6BrN5O. The van der Waals surface area contributed by atoms with Gasteiger partial charge < -0.3 is 0 Å². The van der Waals surface area contributed by atoms with Crippen LogP contribution >= 0.6 is 15.9 Å². The van der Waals surface area contributed by atoms with Crippen molar-refractivity contribution in [2.75, 3.05) is 0 Å². The number of hydrogen-bond acceptors (Lipinski definition) is 4. The van der Waals surface area contributed by atoms with Gasteiger partial charge in [0.1, 0.15) is 0 Å². The van der Waals surface area contributed by atoms with E-state index in [1.807, 2.05) is 5.43 Å². The average molecular weight is 220 g/mol. The lowest BCUT2D eigenvalue weighted by atomic mass is 10.4. The zero-order valence-corrected chi connectivity index (χ0v) is 7.29. The first-order valence-corrected chi connectivity index (χ1v) is 3.52. The number of nitrogens with zero attached hydrogens (tertiary/aromatic N) is 3. The van der Waals surface area contributed by atoms with Gasteiger partial charge in [0, 0.05) is 7.05 Å². The summed E-state index contributed by atoms with van der Waals surface area (Å²) in [6.07, 6.45) is 0. The van der Waals surface area contributed by atoms with E-state index in [9.17, 15) is 4.79 Å². The standard InChI is InChI=1S/C4H6BrN5O/c1-10-2(4(11)7-6)3(5)8-9-10/h6H2,1H3,(H,7,11). The van der Waals surface area contributed by atoms with E-state index in [0.717, 1.165) is 0 Å². The third kappa shape index (κ3) is 1.38. The Bertz CT molecular complexity index is 263. The number of nitrogens with two attached hydrogens (primary N) is 1. The maximum Gasteiger partial charge on any atom is 0.286 e. The van der Waals surface area contributed by atoms with Gasteiger partial charge in [-0.15, -0.1) is 5.10 Å². The third-order valence-corrected chi connectivity index (χ3v) is 1.67. The maximum atomic E-state index is 10.9. The van der Waals surface area contributed by atoms with Gasteiger partial charge in [-0.1, -0.05) is 5.21 Å². The summed E-state index contributed by atoms with van der Waals surface area (Å²) in [6, 6.07) is 0. The van der Waals surface area contributed by atoms with Crippen molar-refractivity contribution < 1.29 is 4.79 Å². The largest absolute Gasteiger partial charge is 0.289 e. The quantitative estimate of drug-likeness (QED) is 0.368. The molecule has 6 nitrogen and oxygen atoms in total. The minimum Gasteiger partial charge on any atom is -0.289 e. The average Bonchev–Trinajstić information content (AvgIpc) is 2.30. The monoisotopic (exact) mass is 219 g/mol. The zero-order chi connectivity index (χ0) is 8.43. The Balaban J connectivity index is 3.10. The van der Waals surface area contributed by atoms with Crippen LogP contribution < -0.4 is 11.3 Å². The van der Waals surface area contributed by atoms with Crippen molar-refractivity contribution in [2.24, 2.45) is 12.9 Å². The lowest BCUT2D eigenvalue weighted by Gasteiger charge is -1.97. The molecule has 1 aromatic rings. The van der Waals surface area contributed by atoms with E-state index >= 15 is 0 Å². The molecule has 60 valence electrons. The summed E-state index contributed by atoms with van der Waals surface area (Å²) < 4.78 is 1.70. The van der Waals surface area contributed by atoms with E-state index in [1.54, 1.807) is 7.05 Å². The summed E-state index contributed by atoms with van der Waals surface area (Å²) in [5.74, 6) is 4.49. The highest BCUT2D eigenvalue weighted by Gasteiger charge is 2.14. The number of aryl methyl sites for hydroxylation is 1. The van der Waals surface area contributed by atoms with Crippen LogP contribution in [0.3, 0.4) is 0 Å². The van der Waals surface area contributed by atoms with Crippen LogP contribution in [0.4, 0.5) is 0 Å². The SMILES string of the molecule is Cn1nnc(Br)c1C(=O)NN. The Labute approximate surface area is 70.8 Å². The predicted molar refractivity (Wildman–Crippen MR) is 40.4 cm³/mol. The van der Waals surface area contributed by atoms with Gasteiger partial charge >= 0.3 is 0 Å². The molecule has 0 fully saturated rings. The second kappa shape index (κ2) is 2.97. The Morgan fingerprint density at radius 2 is 2.45 bits per heavy atom. The maximum absolute atomic E-state index is 10.9. The van der Waals surface area contributed by atoms with Crippen LogP contribution in [0.2, 0.25) is 0 Å². The van der Waals surface area contributed by atoms with Crippen molar-refractivity contribution in [3.63, 3.8) is 0 Å². The molecular weight excluding hydrogens is 214 g/mol. The molecule has 0 spiro atoms. The van der Waals surface area contributed by atoms with Crippen LogP contribution in [-0.2, 0) is 7.05 Å². The molecule has 11 heavy (non-hydrogen) atoms. The number of carbonyl (C=O) groups is 1. The Hall–Kier alpha value is -0.950. The van der Waals surface area contributed by atoms with E-state index in [1.165, 1.54) is 4.68 Å². The highest BCUT2D eigenvalue weighted by molar-refractivity contribution is 9.10. The second-order valence-electron chi connectivity index (χ2n) is 1.83. The highest BCUT2D eigenvalue weighted by atomic mass is 79.9. The van der Waals surface area contributed by atoms with Gasteiger partial charge in [-0.25, -0.2) is 10.5 Å². The Kier molecular flexibility index (Phi) is 2.20. The van der Waals surface area contributed by atoms with Gasteiger partial charge in [0.25, 0.3) is 5.91 Å². The van der Waals surface area contributed by atoms with E-state index in [4.69, 9.17) is 5.84 Å². The van der Waals surface area contributed by atoms with Crippen LogP contribution in [0.1, 0.15) is 10.5 Å². The normalized spacial score (nSPS) is 9.73. The molecule has 1 rings (SSSR count). The first kappa shape index (κ1) is 8.15. The Morgan fingerprint density at radius 1 is 1.82 bits per heavy atom. The molecule has 7 heteroatoms. The van der Waals surface area contributed by atoms with Crippen LogP contribution in [-0.4, -0.2) is 20.9 Å². The number of rotatable bonds is 1. The molecule has 0 atom stereocenters. The van der Waals surface area contributed by atoms with Crippen LogP contribution in [0.15, 0.2) is 4.60 Å². The van der Waals surface area contributed by atoms with Gasteiger partial charge in [-0.2, -0.15) is 0 Å². The first-order valence-electron chi connectivity index (χ1n) is 2.73. The van der Waals surface area contributed by atoms with Crippen LogP contribution in [0.25, 0.3) is 0 Å². The molecule has 1 amide bonds. The summed E-state index contributed by atoms with van der Waals surface area (Å²) in [5, 5.41) is 7.19. The second-order valence-corrected chi connectivity index (χ2v) is 2.58. The Morgan fingerprint density at radius 3 is 2.82 bits per heavy atom. The van der Waals surface area contributed by atoms with E-state index in [2.05, 4.69) is 26.2 Å². The lowest BCUT2D eigenvalue weighted by Crippen LogP contribution is -2.31. The molecule has 0 unspecified atom stereocenters. The molecule has 0 aliphatic rings. The minimum absolute atomic E-state index is 0.299. The van der Waals surface area contributed by atoms with E-state index in [-0.39, 0.29) is 0 Å². The fourth-order valence-electron chi connectivity index (χ4n) is 0.641. The number of carbonyl (C=O) groups excluding carboxylic acids is 1. The van der Waals surface area contributed by atoms with Gasteiger partial charge in [0.05, 0.1) is 0 Å². The summed E-state index contributed by atoms with van der Waals surface area (Å²) in [7, 11) is 1.60. The number of nitrogen functional groups attached to an aromatic ring is 1. The molecule has 1 heterocycles. The van der Waals surface area contributed by atoms with Crippen LogP contribution in [0.5, 0.6) is 0 Å². The molecule has 0 aliphatic carbocycles. The van der Waals surface area contributed by atoms with E-state index < -0.39 is 5.91 Å². The van der Waals surface area contributed by atoms with Gasteiger partial charge in [-0.3, -0.25) is 10.2 Å². The summed E-state index contributed by atoms with van der Waals surface area (Å²) in [6.45, 7) is 0. The van der Waals surface area contributed by atoms with Gasteiger partial charge in [-0.05, 0) is 15.9 Å². The number of nitrogens with one attached hydrogen (secondary N) is 1. The molecule has 1 aromatic heterocycles. The fourth-order valence-corrected chi connectivity index (χ4v) is 1.15. The first-order chi connectivity index (χ1) is 5.16. The summed E-state index contributed by atoms with van der Waals surface area (Å²) in [4.78, 5) is 10.9. The van der Waals surface area contributed by atoms with Crippen molar-refractivity contribution in [1.29, 1.82) is 0 Å². The number of hydrazine groups is 1. The number of hydrogen-bond donors (Lipinski definition) is 2. The molecule has 0 aromatic carbocycles. The topological polar surface area (TPSA) is 85.8 Å². The van der Waals surface area contributed by atoms with Gasteiger partial charge in [0.15, 0.2) is 10.3 Å². The fraction of sp³-hybridized carbons (Fsp3) is 0.250. The number of halogens is 1. The molecule has 0 saturated carbocycles. The zero-order valence-electron chi connectivity index (χ0n) is 5.71. The summed E-state index contributed by atoms with van der Waals surface area (Å²) >= 11 is 3.05. The van der Waals surface area contributed by atoms with Crippen molar-refractivity contribution in [1.82, 2.24) is 20.4 Å². The van der Waals surface area contributed by atoms with Crippen molar-refractivity contribution in [3.05, 3.63) is 10.3 Å². The summed E-state index contributed by atoms with van der Waals surface area (Å²) in [5.41, 5.74) is 2.28. The third-order valence-electron chi connectivity index (χ3n) is 1.13. The van der Waals surface area contributed by atoms with E-state index in [0.29, 0.717) is 10.3 Å². The lowest BCUT2D eigenvalue weighted by molar-refractivity contribution is 0.0943. The molecule has 0 radical (unpaired) electrons. The smallest absolute Gasteiger partial charge is 0.286 e. The van der Waals surface area contributed by atoms with Gasteiger partial charge in [0.2, 0.25) is 0 Å². The minimum atomic E-state index is -0.427. The molecule has 0 bridgehead atoms. The highest BCUT2D eigenvalue weighted by Crippen LogP contribution is 2.10. The van der Waals surface area contributed by atoms with Crippen molar-refractivity contribution in [3.8, 4) is 0 Å². The molecule has 0 aliphatic heterocycles. The van der Waals surface area contributed by atoms with Crippen molar-refractivity contribution >= 4 is 21.8 Å². The predicted octanol–water partition coefficient (Wildman–Crippen LogP) is -0.819. The van der Waals surface area contributed by atoms with Crippen molar-refractivity contribution in [2.45, 2.75) is 0 Å². The molecule has 3 N–H and O–H groups in total. The number of aromatic nitrogens is 3.